The number of benzene rings is 3. The molecule has 2 fully saturated rings. The molecule has 0 bridgehead atoms. The first-order valence-corrected chi connectivity index (χ1v) is 20.2. The molecule has 60 heavy (non-hydrogen) atoms. The van der Waals surface area contributed by atoms with Gasteiger partial charge in [0.05, 0.1) is 42.3 Å². The summed E-state index contributed by atoms with van der Waals surface area (Å²) in [4.78, 5) is 68.1. The minimum absolute atomic E-state index is 0.0322. The van der Waals surface area contributed by atoms with Crippen LogP contribution in [0.25, 0.3) is 0 Å². The largest absolute Gasteiger partial charge is 0.458 e. The molecule has 13 heteroatoms. The van der Waals surface area contributed by atoms with Crippen molar-refractivity contribution in [1.29, 1.82) is 0 Å². The molecule has 0 spiro atoms. The van der Waals surface area contributed by atoms with E-state index in [1.165, 1.54) is 14.0 Å². The first kappa shape index (κ1) is 44.3. The first-order chi connectivity index (χ1) is 28.4. The van der Waals surface area contributed by atoms with Gasteiger partial charge in [0.25, 0.3) is 5.91 Å². The normalized spacial score (nSPS) is 29.1. The summed E-state index contributed by atoms with van der Waals surface area (Å²) in [7, 11) is 1.43. The van der Waals surface area contributed by atoms with Gasteiger partial charge in [0.2, 0.25) is 0 Å². The number of carbonyl (C=O) groups is 5. The van der Waals surface area contributed by atoms with Crippen LogP contribution in [0.15, 0.2) is 102 Å². The van der Waals surface area contributed by atoms with Crippen LogP contribution < -0.4 is 5.32 Å². The number of ketones is 1. The smallest absolute Gasteiger partial charge is 0.338 e. The van der Waals surface area contributed by atoms with Crippen LogP contribution in [0, 0.1) is 16.7 Å². The minimum Gasteiger partial charge on any atom is -0.458 e. The lowest BCUT2D eigenvalue weighted by atomic mass is 9.48. The van der Waals surface area contributed by atoms with E-state index in [0.717, 1.165) is 6.92 Å². The van der Waals surface area contributed by atoms with Crippen LogP contribution in [-0.2, 0) is 38.1 Å². The van der Waals surface area contributed by atoms with Gasteiger partial charge in [0, 0.05) is 43.8 Å². The average Bonchev–Trinajstić information content (AvgIpc) is 3.23. The zero-order valence-corrected chi connectivity index (χ0v) is 35.1. The van der Waals surface area contributed by atoms with E-state index < -0.39 is 88.7 Å². The fourth-order valence-corrected chi connectivity index (χ4v) is 9.35. The zero-order chi connectivity index (χ0) is 43.6. The van der Waals surface area contributed by atoms with Crippen LogP contribution in [0.4, 0.5) is 0 Å². The Morgan fingerprint density at radius 2 is 1.47 bits per heavy atom. The van der Waals surface area contributed by atoms with E-state index >= 15 is 0 Å². The van der Waals surface area contributed by atoms with E-state index in [4.69, 9.17) is 23.7 Å². The van der Waals surface area contributed by atoms with Gasteiger partial charge in [-0.25, -0.2) is 4.79 Å². The maximum Gasteiger partial charge on any atom is 0.338 e. The van der Waals surface area contributed by atoms with E-state index in [0.29, 0.717) is 22.3 Å². The topological polar surface area (TPSA) is 184 Å². The first-order valence-electron chi connectivity index (χ1n) is 20.2. The highest BCUT2D eigenvalue weighted by Crippen LogP contribution is 2.61. The van der Waals surface area contributed by atoms with Crippen LogP contribution in [0.5, 0.6) is 0 Å². The maximum absolute atomic E-state index is 14.4. The predicted octanol–water partition coefficient (Wildman–Crippen LogP) is 5.49. The van der Waals surface area contributed by atoms with Crippen LogP contribution in [0.3, 0.4) is 0 Å². The highest BCUT2D eigenvalue weighted by molar-refractivity contribution is 5.94. The number of carbonyl (C=O) groups excluding carboxylic acids is 5. The Morgan fingerprint density at radius 3 is 2.02 bits per heavy atom. The second-order valence-corrected chi connectivity index (χ2v) is 16.9. The van der Waals surface area contributed by atoms with Gasteiger partial charge in [0.15, 0.2) is 12.4 Å². The molecule has 2 aliphatic carbocycles. The molecule has 3 N–H and O–H groups in total. The second kappa shape index (κ2) is 17.4. The number of hydrogen-bond acceptors (Lipinski definition) is 12. The summed E-state index contributed by atoms with van der Waals surface area (Å²) < 4.78 is 30.1. The van der Waals surface area contributed by atoms with Crippen molar-refractivity contribution in [2.45, 2.75) is 102 Å². The number of nitrogens with one attached hydrogen (secondary N) is 1. The second-order valence-electron chi connectivity index (χ2n) is 16.9. The molecule has 3 aromatic carbocycles. The maximum atomic E-state index is 14.4. The van der Waals surface area contributed by atoms with Crippen molar-refractivity contribution in [3.05, 3.63) is 119 Å². The average molecular weight is 826 g/mol. The molecule has 0 aromatic heterocycles. The van der Waals surface area contributed by atoms with Gasteiger partial charge in [-0.05, 0) is 56.2 Å². The van der Waals surface area contributed by atoms with Gasteiger partial charge >= 0.3 is 17.9 Å². The number of ether oxygens (including phenoxy) is 5. The van der Waals surface area contributed by atoms with Crippen molar-refractivity contribution in [2.75, 3.05) is 20.3 Å². The fourth-order valence-electron chi connectivity index (χ4n) is 9.35. The highest BCUT2D eigenvalue weighted by atomic mass is 16.6. The molecule has 6 rings (SSSR count). The number of aliphatic hydroxyl groups excluding tert-OH is 1. The number of hydrogen-bond donors (Lipinski definition) is 3. The van der Waals surface area contributed by atoms with Crippen molar-refractivity contribution in [1.82, 2.24) is 5.32 Å². The Hall–Kier alpha value is -5.21. The molecule has 1 heterocycles. The van der Waals surface area contributed by atoms with Crippen LogP contribution >= 0.6 is 0 Å². The minimum atomic E-state index is -2.12. The molecule has 320 valence electrons. The van der Waals surface area contributed by atoms with Gasteiger partial charge < -0.3 is 39.2 Å². The molecule has 1 saturated heterocycles. The third-order valence-electron chi connectivity index (χ3n) is 13.5. The quantitative estimate of drug-likeness (QED) is 0.106. The van der Waals surface area contributed by atoms with Crippen molar-refractivity contribution in [2.24, 2.45) is 16.7 Å². The van der Waals surface area contributed by atoms with Crippen LogP contribution in [0.2, 0.25) is 0 Å². The standard InChI is InChI=1S/C47H55NO12/c1-28-29(2)44(4,5)47(55,25-35(28)59-39(52)23-34(31-17-11-8-12-18-31)48-42(53)32-19-13-9-14-20-32)41(60-43(54)33-21-15-10-16-22-33)40-45(6,37(51)26-57-30(3)49)36(50)24-38-46(40,56-7)27-58-38/h8-22,34-36,38,40-41,50,55H,23-27H2,1-7H3,(H,48,53)/t34-,35+,36+,38-,40?,41?,45+,46?,47-/m1/s1. The molecule has 1 saturated carbocycles. The SMILES string of the molecule is COC12CO[C@@H]1C[C@H](O)[C@@](C)(C(=O)COC(C)=O)C2C(OC(=O)c1ccccc1)[C@]1(O)C[C@H](OC(=O)C[C@@H](NC(=O)c2ccccc2)c2ccccc2)C(C)=C(C)C1(C)C. The monoisotopic (exact) mass is 825 g/mol. The third kappa shape index (κ3) is 8.03. The van der Waals surface area contributed by atoms with Crippen LogP contribution in [0.1, 0.15) is 93.1 Å². The van der Waals surface area contributed by atoms with E-state index in [9.17, 15) is 34.2 Å². The summed E-state index contributed by atoms with van der Waals surface area (Å²) in [5.74, 6) is -4.56. The van der Waals surface area contributed by atoms with E-state index in [-0.39, 0.29) is 37.3 Å². The van der Waals surface area contributed by atoms with Crippen LogP contribution in [-0.4, -0.2) is 95.8 Å². The number of aliphatic hydroxyl groups is 2. The van der Waals surface area contributed by atoms with Crippen molar-refractivity contribution >= 4 is 29.6 Å². The predicted molar refractivity (Wildman–Crippen MR) is 218 cm³/mol. The van der Waals surface area contributed by atoms with Gasteiger partial charge in [-0.3, -0.25) is 19.2 Å². The lowest BCUT2D eigenvalue weighted by Gasteiger charge is -2.66. The molecule has 9 atom stereocenters. The van der Waals surface area contributed by atoms with Gasteiger partial charge in [0.1, 0.15) is 23.4 Å². The Balaban J connectivity index is 1.42. The Labute approximate surface area is 350 Å². The lowest BCUT2D eigenvalue weighted by molar-refractivity contribution is -0.348. The Bertz CT molecular complexity index is 2100. The van der Waals surface area contributed by atoms with Gasteiger partial charge in [-0.1, -0.05) is 86.2 Å². The molecule has 1 amide bonds. The van der Waals surface area contributed by atoms with E-state index in [2.05, 4.69) is 5.32 Å². The van der Waals surface area contributed by atoms with Crippen molar-refractivity contribution in [3.8, 4) is 0 Å². The molecule has 3 unspecified atom stereocenters. The summed E-state index contributed by atoms with van der Waals surface area (Å²) in [6, 6.07) is 25.0. The summed E-state index contributed by atoms with van der Waals surface area (Å²) in [6.45, 7) is 9.05. The summed E-state index contributed by atoms with van der Waals surface area (Å²) in [6.07, 6.45) is -5.48. The fraction of sp³-hybridized carbons (Fsp3) is 0.468. The molecule has 1 aliphatic heterocycles. The highest BCUT2D eigenvalue weighted by Gasteiger charge is 2.74. The lowest BCUT2D eigenvalue weighted by Crippen LogP contribution is -2.79. The van der Waals surface area contributed by atoms with E-state index in [1.54, 1.807) is 113 Å². The molecule has 0 radical (unpaired) electrons. The number of Topliss-reactive ketones (excluding diaryl/α,β-unsaturated/α-hetero) is 1. The summed E-state index contributed by atoms with van der Waals surface area (Å²) in [5.41, 5.74) is -4.03. The van der Waals surface area contributed by atoms with Gasteiger partial charge in [-0.2, -0.15) is 0 Å². The molecule has 3 aromatic rings. The number of rotatable bonds is 14. The van der Waals surface area contributed by atoms with E-state index in [1.807, 2.05) is 6.07 Å². The number of amides is 1. The number of esters is 3. The zero-order valence-electron chi connectivity index (χ0n) is 35.1. The van der Waals surface area contributed by atoms with Gasteiger partial charge in [-0.15, -0.1) is 0 Å². The van der Waals surface area contributed by atoms with Crippen molar-refractivity contribution in [3.63, 3.8) is 0 Å². The number of fused-ring (bicyclic) bond motifs is 1. The molecular formula is C47H55NO12. The Kier molecular flexibility index (Phi) is 12.9. The summed E-state index contributed by atoms with van der Waals surface area (Å²) >= 11 is 0. The molecule has 13 nitrogen and oxygen atoms in total. The summed E-state index contributed by atoms with van der Waals surface area (Å²) in [5, 5.41) is 28.5. The van der Waals surface area contributed by atoms with Crippen molar-refractivity contribution < 1.29 is 57.9 Å². The molecular weight excluding hydrogens is 771 g/mol. The third-order valence-corrected chi connectivity index (χ3v) is 13.5. The number of methoxy groups -OCH3 is 1. The molecule has 3 aliphatic rings. The Morgan fingerprint density at radius 1 is 0.883 bits per heavy atom.